The van der Waals surface area contributed by atoms with Gasteiger partial charge in [-0.1, -0.05) is 20.8 Å². The van der Waals surface area contributed by atoms with Crippen LogP contribution in [-0.4, -0.2) is 88.0 Å². The van der Waals surface area contributed by atoms with Gasteiger partial charge in [-0.3, -0.25) is 9.89 Å². The number of hydrogen-bond acceptors (Lipinski definition) is 4. The molecule has 2 aliphatic rings. The van der Waals surface area contributed by atoms with Crippen LogP contribution in [0.1, 0.15) is 52.9 Å². The maximum absolute atomic E-state index is 5.99. The Morgan fingerprint density at radius 2 is 1.75 bits per heavy atom. The normalized spacial score (nSPS) is 22.1. The molecule has 0 saturated carbocycles. The zero-order chi connectivity index (χ0) is 20.4. The zero-order valence-electron chi connectivity index (χ0n) is 19.0. The third-order valence-corrected chi connectivity index (χ3v) is 6.33. The van der Waals surface area contributed by atoms with Crippen LogP contribution in [0.25, 0.3) is 0 Å². The van der Waals surface area contributed by atoms with E-state index in [4.69, 9.17) is 9.47 Å². The lowest BCUT2D eigenvalue weighted by molar-refractivity contribution is 0.00980. The van der Waals surface area contributed by atoms with E-state index in [9.17, 15) is 0 Å². The molecule has 2 fully saturated rings. The summed E-state index contributed by atoms with van der Waals surface area (Å²) in [5.74, 6) is 2.57. The molecule has 2 heterocycles. The van der Waals surface area contributed by atoms with Gasteiger partial charge in [-0.05, 0) is 57.0 Å². The van der Waals surface area contributed by atoms with Crippen molar-refractivity contribution in [3.8, 4) is 0 Å². The second-order valence-corrected chi connectivity index (χ2v) is 8.86. The Labute approximate surface area is 173 Å². The van der Waals surface area contributed by atoms with Gasteiger partial charge in [0.05, 0.1) is 6.10 Å². The molecule has 0 amide bonds. The first-order valence-corrected chi connectivity index (χ1v) is 11.3. The van der Waals surface area contributed by atoms with E-state index in [0.717, 1.165) is 64.0 Å². The molecule has 0 aliphatic carbocycles. The Hall–Kier alpha value is -0.850. The first-order valence-electron chi connectivity index (χ1n) is 11.3. The number of aliphatic imine (C=N–C) groups is 1. The molecule has 0 aromatic heterocycles. The first kappa shape index (κ1) is 23.4. The number of methoxy groups -OCH3 is 1. The molecule has 28 heavy (non-hydrogen) atoms. The van der Waals surface area contributed by atoms with Crippen LogP contribution >= 0.6 is 0 Å². The van der Waals surface area contributed by atoms with Crippen LogP contribution in [0.15, 0.2) is 4.99 Å². The fraction of sp³-hybridized carbons (Fsp3) is 0.955. The summed E-state index contributed by atoms with van der Waals surface area (Å²) in [7, 11) is 3.65. The lowest BCUT2D eigenvalue weighted by Gasteiger charge is -2.40. The largest absolute Gasteiger partial charge is 0.385 e. The van der Waals surface area contributed by atoms with Crippen LogP contribution in [0.4, 0.5) is 0 Å². The summed E-state index contributed by atoms with van der Waals surface area (Å²) in [6.07, 6.45) is 6.17. The smallest absolute Gasteiger partial charge is 0.193 e. The number of guanidine groups is 1. The van der Waals surface area contributed by atoms with E-state index in [2.05, 4.69) is 40.9 Å². The molecule has 1 unspecified atom stereocenters. The number of hydrogen-bond donors (Lipinski definition) is 1. The van der Waals surface area contributed by atoms with E-state index in [-0.39, 0.29) is 0 Å². The van der Waals surface area contributed by atoms with Gasteiger partial charge in [0.1, 0.15) is 0 Å². The molecular formula is C22H44N4O2. The van der Waals surface area contributed by atoms with Crippen LogP contribution in [0.5, 0.6) is 0 Å². The van der Waals surface area contributed by atoms with Gasteiger partial charge in [-0.2, -0.15) is 0 Å². The maximum atomic E-state index is 5.99. The van der Waals surface area contributed by atoms with Gasteiger partial charge in [0, 0.05) is 53.0 Å². The lowest BCUT2D eigenvalue weighted by atomic mass is 9.94. The van der Waals surface area contributed by atoms with E-state index < -0.39 is 0 Å². The second kappa shape index (κ2) is 12.7. The predicted octanol–water partition coefficient (Wildman–Crippen LogP) is 2.84. The molecule has 2 saturated heterocycles. The third-order valence-electron chi connectivity index (χ3n) is 6.33. The van der Waals surface area contributed by atoms with Gasteiger partial charge in [0.2, 0.25) is 0 Å². The van der Waals surface area contributed by atoms with Crippen LogP contribution in [0.2, 0.25) is 0 Å². The molecule has 0 spiro atoms. The molecule has 6 nitrogen and oxygen atoms in total. The van der Waals surface area contributed by atoms with Gasteiger partial charge in [0.15, 0.2) is 5.96 Å². The maximum Gasteiger partial charge on any atom is 0.193 e. The van der Waals surface area contributed by atoms with E-state index in [1.807, 2.05) is 7.05 Å². The minimum Gasteiger partial charge on any atom is -0.385 e. The Balaban J connectivity index is 1.75. The highest BCUT2D eigenvalue weighted by molar-refractivity contribution is 5.80. The van der Waals surface area contributed by atoms with Crippen molar-refractivity contribution in [3.05, 3.63) is 0 Å². The van der Waals surface area contributed by atoms with Crippen molar-refractivity contribution < 1.29 is 9.47 Å². The molecule has 164 valence electrons. The summed E-state index contributed by atoms with van der Waals surface area (Å²) in [5.41, 5.74) is 0. The SMILES string of the molecule is CN=C(NCC(C(C)C)N1CCC(C)CC1)N1CCC(OCCCOC)CC1. The number of ether oxygens (including phenoxy) is 2. The summed E-state index contributed by atoms with van der Waals surface area (Å²) in [5, 5.41) is 3.68. The number of nitrogens with one attached hydrogen (secondary N) is 1. The van der Waals surface area contributed by atoms with Crippen molar-refractivity contribution in [1.82, 2.24) is 15.1 Å². The van der Waals surface area contributed by atoms with Crippen LogP contribution in [0.3, 0.4) is 0 Å². The van der Waals surface area contributed by atoms with Gasteiger partial charge >= 0.3 is 0 Å². The lowest BCUT2D eigenvalue weighted by Crippen LogP contribution is -2.53. The number of rotatable bonds is 9. The molecule has 1 N–H and O–H groups in total. The third kappa shape index (κ3) is 7.53. The van der Waals surface area contributed by atoms with Crippen molar-refractivity contribution in [2.45, 2.75) is 65.0 Å². The molecule has 1 atom stereocenters. The average Bonchev–Trinajstić information content (AvgIpc) is 2.70. The molecule has 0 aromatic carbocycles. The van der Waals surface area contributed by atoms with Crippen molar-refractivity contribution >= 4 is 5.96 Å². The quantitative estimate of drug-likeness (QED) is 0.369. The molecule has 0 bridgehead atoms. The molecular weight excluding hydrogens is 352 g/mol. The van der Waals surface area contributed by atoms with Crippen molar-refractivity contribution in [3.63, 3.8) is 0 Å². The number of piperidine rings is 2. The highest BCUT2D eigenvalue weighted by Gasteiger charge is 2.27. The van der Waals surface area contributed by atoms with E-state index in [1.54, 1.807) is 7.11 Å². The van der Waals surface area contributed by atoms with Gasteiger partial charge in [-0.25, -0.2) is 0 Å². The number of nitrogens with zero attached hydrogens (tertiary/aromatic N) is 3. The fourth-order valence-corrected chi connectivity index (χ4v) is 4.36. The average molecular weight is 397 g/mol. The Morgan fingerprint density at radius 1 is 1.07 bits per heavy atom. The summed E-state index contributed by atoms with van der Waals surface area (Å²) in [6.45, 7) is 14.1. The fourth-order valence-electron chi connectivity index (χ4n) is 4.36. The molecule has 0 aromatic rings. The zero-order valence-corrected chi connectivity index (χ0v) is 19.0. The molecule has 6 heteroatoms. The second-order valence-electron chi connectivity index (χ2n) is 8.86. The standard InChI is InChI=1S/C22H44N4O2/c1-18(2)21(25-11-7-19(3)8-12-25)17-24-22(23-4)26-13-9-20(10-14-26)28-16-6-15-27-5/h18-21H,6-17H2,1-5H3,(H,23,24). The predicted molar refractivity (Wildman–Crippen MR) is 117 cm³/mol. The Morgan fingerprint density at radius 3 is 2.32 bits per heavy atom. The highest BCUT2D eigenvalue weighted by atomic mass is 16.5. The summed E-state index contributed by atoms with van der Waals surface area (Å²) >= 11 is 0. The Bertz CT molecular complexity index is 442. The van der Waals surface area contributed by atoms with Gasteiger partial charge < -0.3 is 19.7 Å². The summed E-state index contributed by atoms with van der Waals surface area (Å²) < 4.78 is 11.1. The van der Waals surface area contributed by atoms with Crippen LogP contribution in [0, 0.1) is 11.8 Å². The van der Waals surface area contributed by atoms with Crippen LogP contribution in [-0.2, 0) is 9.47 Å². The first-order chi connectivity index (χ1) is 13.5. The molecule has 0 radical (unpaired) electrons. The Kier molecular flexibility index (Phi) is 10.6. The summed E-state index contributed by atoms with van der Waals surface area (Å²) in [4.78, 5) is 9.65. The minimum atomic E-state index is 0.380. The number of likely N-dealkylation sites (tertiary alicyclic amines) is 2. The summed E-state index contributed by atoms with van der Waals surface area (Å²) in [6, 6.07) is 0.575. The van der Waals surface area contributed by atoms with Crippen LogP contribution < -0.4 is 5.32 Å². The van der Waals surface area contributed by atoms with Crippen molar-refractivity contribution in [2.75, 3.05) is 60.1 Å². The molecule has 2 rings (SSSR count). The van der Waals surface area contributed by atoms with Crippen molar-refractivity contribution in [2.24, 2.45) is 16.8 Å². The topological polar surface area (TPSA) is 49.3 Å². The highest BCUT2D eigenvalue weighted by Crippen LogP contribution is 2.21. The van der Waals surface area contributed by atoms with E-state index >= 15 is 0 Å². The molecule has 2 aliphatic heterocycles. The van der Waals surface area contributed by atoms with E-state index in [0.29, 0.717) is 18.1 Å². The van der Waals surface area contributed by atoms with Gasteiger partial charge in [0.25, 0.3) is 0 Å². The van der Waals surface area contributed by atoms with Gasteiger partial charge in [-0.15, -0.1) is 0 Å². The monoisotopic (exact) mass is 396 g/mol. The minimum absolute atomic E-state index is 0.380. The van der Waals surface area contributed by atoms with Crippen molar-refractivity contribution in [1.29, 1.82) is 0 Å². The van der Waals surface area contributed by atoms with E-state index in [1.165, 1.54) is 25.9 Å².